The van der Waals surface area contributed by atoms with E-state index in [0.29, 0.717) is 24.2 Å². The molecule has 0 aromatic heterocycles. The van der Waals surface area contributed by atoms with Crippen molar-refractivity contribution in [3.05, 3.63) is 23.8 Å². The summed E-state index contributed by atoms with van der Waals surface area (Å²) < 4.78 is 54.4. The smallest absolute Gasteiger partial charge is 0.241 e. The maximum atomic E-state index is 12.8. The monoisotopic (exact) mass is 400 g/mol. The van der Waals surface area contributed by atoms with E-state index in [9.17, 15) is 16.8 Å². The molecule has 1 saturated carbocycles. The first-order chi connectivity index (χ1) is 12.3. The number of sulfonamides is 2. The molecule has 0 spiro atoms. The zero-order chi connectivity index (χ0) is 18.8. The molecular weight excluding hydrogens is 372 g/mol. The van der Waals surface area contributed by atoms with Gasteiger partial charge in [-0.2, -0.15) is 0 Å². The minimum atomic E-state index is -3.60. The van der Waals surface area contributed by atoms with Crippen LogP contribution in [0.5, 0.6) is 0 Å². The lowest BCUT2D eigenvalue weighted by Gasteiger charge is -2.28. The van der Waals surface area contributed by atoms with E-state index < -0.39 is 20.0 Å². The summed E-state index contributed by atoms with van der Waals surface area (Å²) in [5.74, 6) is 0.148. The molecule has 1 aromatic rings. The molecule has 1 saturated heterocycles. The molecular formula is C18H28N2O4S2. The quantitative estimate of drug-likeness (QED) is 0.788. The highest BCUT2D eigenvalue weighted by molar-refractivity contribution is 7.92. The van der Waals surface area contributed by atoms with Crippen LogP contribution >= 0.6 is 0 Å². The van der Waals surface area contributed by atoms with E-state index >= 15 is 0 Å². The summed E-state index contributed by atoms with van der Waals surface area (Å²) in [6, 6.07) is 4.81. The maximum Gasteiger partial charge on any atom is 0.241 e. The fraction of sp³-hybridized carbons (Fsp3) is 0.667. The third kappa shape index (κ3) is 4.40. The largest absolute Gasteiger partial charge is 0.270 e. The van der Waals surface area contributed by atoms with E-state index in [1.165, 1.54) is 10.4 Å². The van der Waals surface area contributed by atoms with Gasteiger partial charge in [0, 0.05) is 12.6 Å². The van der Waals surface area contributed by atoms with Crippen LogP contribution in [0.2, 0.25) is 0 Å². The Balaban J connectivity index is 1.82. The van der Waals surface area contributed by atoms with Gasteiger partial charge in [0.05, 0.1) is 16.3 Å². The van der Waals surface area contributed by atoms with Crippen molar-refractivity contribution in [1.82, 2.24) is 4.72 Å². The number of anilines is 1. The van der Waals surface area contributed by atoms with Gasteiger partial charge in [-0.25, -0.2) is 21.6 Å². The second-order valence-electron chi connectivity index (χ2n) is 7.35. The average Bonchev–Trinajstić information content (AvgIpc) is 2.82. The first kappa shape index (κ1) is 19.6. The highest BCUT2D eigenvalue weighted by atomic mass is 32.2. The topological polar surface area (TPSA) is 83.6 Å². The second kappa shape index (κ2) is 7.86. The first-order valence-electron chi connectivity index (χ1n) is 9.43. The molecule has 6 nitrogen and oxygen atoms in total. The van der Waals surface area contributed by atoms with Crippen molar-refractivity contribution in [3.8, 4) is 0 Å². The predicted octanol–water partition coefficient (Wildman–Crippen LogP) is 2.93. The van der Waals surface area contributed by atoms with Crippen LogP contribution in [-0.4, -0.2) is 35.2 Å². The molecule has 8 heteroatoms. The summed E-state index contributed by atoms with van der Waals surface area (Å²) in [7, 11) is -6.90. The van der Waals surface area contributed by atoms with Gasteiger partial charge in [0.1, 0.15) is 0 Å². The summed E-state index contributed by atoms with van der Waals surface area (Å²) in [5.41, 5.74) is 1.13. The van der Waals surface area contributed by atoms with Crippen molar-refractivity contribution in [1.29, 1.82) is 0 Å². The zero-order valence-corrected chi connectivity index (χ0v) is 16.9. The van der Waals surface area contributed by atoms with Crippen LogP contribution in [0.15, 0.2) is 23.1 Å². The van der Waals surface area contributed by atoms with Crippen LogP contribution in [-0.2, 0) is 20.0 Å². The molecule has 0 radical (unpaired) electrons. The standard InChI is InChI=1S/C18H28N2O4S2/c1-15-14-17(20-12-6-7-13-25(20,21)22)10-11-18(15)26(23,24)19-16-8-4-2-3-5-9-16/h10-11,14,16,19H,2-9,12-13H2,1H3. The lowest BCUT2D eigenvalue weighted by atomic mass is 10.1. The average molecular weight is 401 g/mol. The minimum absolute atomic E-state index is 0.0101. The van der Waals surface area contributed by atoms with E-state index in [-0.39, 0.29) is 16.7 Å². The van der Waals surface area contributed by atoms with E-state index in [0.717, 1.165) is 44.9 Å². The van der Waals surface area contributed by atoms with E-state index in [4.69, 9.17) is 0 Å². The van der Waals surface area contributed by atoms with Crippen LogP contribution in [0.3, 0.4) is 0 Å². The third-order valence-corrected chi connectivity index (χ3v) is 8.81. The van der Waals surface area contributed by atoms with Gasteiger partial charge in [-0.3, -0.25) is 4.31 Å². The molecule has 3 rings (SSSR count). The second-order valence-corrected chi connectivity index (χ2v) is 11.1. The number of hydrogen-bond acceptors (Lipinski definition) is 4. The Morgan fingerprint density at radius 2 is 1.73 bits per heavy atom. The molecule has 1 aromatic carbocycles. The molecule has 146 valence electrons. The van der Waals surface area contributed by atoms with Crippen molar-refractivity contribution in [2.45, 2.75) is 69.2 Å². The summed E-state index contributed by atoms with van der Waals surface area (Å²) >= 11 is 0. The summed E-state index contributed by atoms with van der Waals surface area (Å²) in [6.45, 7) is 2.18. The number of nitrogens with one attached hydrogen (secondary N) is 1. The molecule has 2 aliphatic rings. The Morgan fingerprint density at radius 3 is 2.35 bits per heavy atom. The van der Waals surface area contributed by atoms with Gasteiger partial charge in [-0.15, -0.1) is 0 Å². The Labute approximate surface area is 157 Å². The van der Waals surface area contributed by atoms with Crippen LogP contribution in [0.25, 0.3) is 0 Å². The number of hydrogen-bond donors (Lipinski definition) is 1. The van der Waals surface area contributed by atoms with Gasteiger partial charge in [0.25, 0.3) is 0 Å². The Morgan fingerprint density at radius 1 is 1.04 bits per heavy atom. The minimum Gasteiger partial charge on any atom is -0.270 e. The Bertz CT molecular complexity index is 842. The third-order valence-electron chi connectivity index (χ3n) is 5.26. The van der Waals surface area contributed by atoms with Gasteiger partial charge >= 0.3 is 0 Å². The van der Waals surface area contributed by atoms with E-state index in [2.05, 4.69) is 4.72 Å². The van der Waals surface area contributed by atoms with Crippen molar-refractivity contribution < 1.29 is 16.8 Å². The number of rotatable bonds is 4. The molecule has 0 bridgehead atoms. The van der Waals surface area contributed by atoms with Crippen LogP contribution in [0.4, 0.5) is 5.69 Å². The normalized spacial score (nSPS) is 22.1. The van der Waals surface area contributed by atoms with Gasteiger partial charge < -0.3 is 0 Å². The predicted molar refractivity (Wildman–Crippen MR) is 103 cm³/mol. The van der Waals surface area contributed by atoms with Crippen molar-refractivity contribution >= 4 is 25.7 Å². The Hall–Kier alpha value is -1.12. The molecule has 26 heavy (non-hydrogen) atoms. The fourth-order valence-corrected chi connectivity index (χ4v) is 7.01. The lowest BCUT2D eigenvalue weighted by Crippen LogP contribution is -2.38. The molecule has 0 amide bonds. The lowest BCUT2D eigenvalue weighted by molar-refractivity contribution is 0.509. The van der Waals surface area contributed by atoms with E-state index in [1.807, 2.05) is 0 Å². The number of nitrogens with zero attached hydrogens (tertiary/aromatic N) is 1. The number of benzene rings is 1. The molecule has 0 atom stereocenters. The molecule has 1 N–H and O–H groups in total. The van der Waals surface area contributed by atoms with Gasteiger partial charge in [0.2, 0.25) is 20.0 Å². The van der Waals surface area contributed by atoms with Crippen LogP contribution in [0, 0.1) is 6.92 Å². The summed E-state index contributed by atoms with van der Waals surface area (Å²) in [6.07, 6.45) is 7.68. The summed E-state index contributed by atoms with van der Waals surface area (Å²) in [4.78, 5) is 0.236. The molecule has 1 heterocycles. The molecule has 2 fully saturated rings. The van der Waals surface area contributed by atoms with E-state index in [1.54, 1.807) is 19.1 Å². The van der Waals surface area contributed by atoms with Gasteiger partial charge in [-0.1, -0.05) is 25.7 Å². The first-order valence-corrected chi connectivity index (χ1v) is 12.5. The molecule has 1 aliphatic carbocycles. The van der Waals surface area contributed by atoms with Crippen molar-refractivity contribution in [2.75, 3.05) is 16.6 Å². The number of aryl methyl sites for hydroxylation is 1. The highest BCUT2D eigenvalue weighted by Gasteiger charge is 2.28. The van der Waals surface area contributed by atoms with Gasteiger partial charge in [0.15, 0.2) is 0 Å². The van der Waals surface area contributed by atoms with Gasteiger partial charge in [-0.05, 0) is 56.4 Å². The highest BCUT2D eigenvalue weighted by Crippen LogP contribution is 2.28. The zero-order valence-electron chi connectivity index (χ0n) is 15.3. The van der Waals surface area contributed by atoms with Crippen LogP contribution in [0.1, 0.15) is 56.9 Å². The summed E-state index contributed by atoms with van der Waals surface area (Å²) in [5, 5.41) is 0. The fourth-order valence-electron chi connectivity index (χ4n) is 3.85. The molecule has 1 aliphatic heterocycles. The Kier molecular flexibility index (Phi) is 5.94. The van der Waals surface area contributed by atoms with Crippen LogP contribution < -0.4 is 9.03 Å². The maximum absolute atomic E-state index is 12.8. The molecule has 0 unspecified atom stereocenters. The van der Waals surface area contributed by atoms with Crippen molar-refractivity contribution in [2.24, 2.45) is 0 Å². The van der Waals surface area contributed by atoms with Crippen molar-refractivity contribution in [3.63, 3.8) is 0 Å². The SMILES string of the molecule is Cc1cc(N2CCCCS2(=O)=O)ccc1S(=O)(=O)NC1CCCCCC1.